The molecule has 0 aromatic heterocycles. The van der Waals surface area contributed by atoms with Crippen molar-refractivity contribution >= 4 is 17.4 Å². The SMILES string of the molecule is CC(CC(N)=NO)N(C)Cc1cccc(Cl)c1. The zero-order valence-corrected chi connectivity index (χ0v) is 10.9. The molecule has 0 saturated carbocycles. The lowest BCUT2D eigenvalue weighted by Crippen LogP contribution is -2.32. The van der Waals surface area contributed by atoms with Gasteiger partial charge in [0.2, 0.25) is 0 Å². The first-order chi connectivity index (χ1) is 8.02. The molecule has 0 bridgehead atoms. The first-order valence-electron chi connectivity index (χ1n) is 5.44. The number of amidine groups is 1. The number of benzene rings is 1. The maximum absolute atomic E-state index is 8.52. The van der Waals surface area contributed by atoms with E-state index in [4.69, 9.17) is 22.5 Å². The third kappa shape index (κ3) is 4.63. The van der Waals surface area contributed by atoms with Crippen LogP contribution in [0.5, 0.6) is 0 Å². The Hall–Kier alpha value is -1.26. The van der Waals surface area contributed by atoms with Crippen molar-refractivity contribution in [3.63, 3.8) is 0 Å². The number of nitrogens with zero attached hydrogens (tertiary/aromatic N) is 2. The van der Waals surface area contributed by atoms with Gasteiger partial charge in [-0.1, -0.05) is 28.9 Å². The molecule has 0 aliphatic carbocycles. The molecule has 1 aromatic rings. The van der Waals surface area contributed by atoms with Crippen LogP contribution in [-0.4, -0.2) is 29.0 Å². The molecule has 5 heteroatoms. The second-order valence-corrected chi connectivity index (χ2v) is 4.63. The minimum Gasteiger partial charge on any atom is -0.409 e. The molecule has 0 radical (unpaired) electrons. The number of oxime groups is 1. The highest BCUT2D eigenvalue weighted by molar-refractivity contribution is 6.30. The molecule has 0 heterocycles. The summed E-state index contributed by atoms with van der Waals surface area (Å²) in [5.41, 5.74) is 6.63. The van der Waals surface area contributed by atoms with E-state index in [1.54, 1.807) is 0 Å². The lowest BCUT2D eigenvalue weighted by Gasteiger charge is -2.24. The summed E-state index contributed by atoms with van der Waals surface area (Å²) in [5, 5.41) is 12.2. The fraction of sp³-hybridized carbons (Fsp3) is 0.417. The molecule has 0 spiro atoms. The van der Waals surface area contributed by atoms with Crippen molar-refractivity contribution in [1.29, 1.82) is 0 Å². The van der Waals surface area contributed by atoms with Crippen molar-refractivity contribution in [1.82, 2.24) is 4.90 Å². The van der Waals surface area contributed by atoms with Gasteiger partial charge in [-0.05, 0) is 31.7 Å². The molecule has 1 aromatic carbocycles. The summed E-state index contributed by atoms with van der Waals surface area (Å²) < 4.78 is 0. The van der Waals surface area contributed by atoms with Gasteiger partial charge >= 0.3 is 0 Å². The van der Waals surface area contributed by atoms with Gasteiger partial charge in [-0.25, -0.2) is 0 Å². The van der Waals surface area contributed by atoms with Crippen molar-refractivity contribution in [3.05, 3.63) is 34.9 Å². The van der Waals surface area contributed by atoms with E-state index in [1.165, 1.54) is 0 Å². The van der Waals surface area contributed by atoms with Crippen molar-refractivity contribution in [3.8, 4) is 0 Å². The summed E-state index contributed by atoms with van der Waals surface area (Å²) in [4.78, 5) is 2.13. The maximum atomic E-state index is 8.52. The van der Waals surface area contributed by atoms with Crippen LogP contribution in [0.4, 0.5) is 0 Å². The molecular weight excluding hydrogens is 238 g/mol. The second kappa shape index (κ2) is 6.47. The van der Waals surface area contributed by atoms with Gasteiger partial charge in [-0.3, -0.25) is 4.90 Å². The molecule has 0 aliphatic rings. The van der Waals surface area contributed by atoms with Gasteiger partial charge < -0.3 is 10.9 Å². The van der Waals surface area contributed by atoms with Crippen molar-refractivity contribution in [2.75, 3.05) is 7.05 Å². The van der Waals surface area contributed by atoms with Crippen molar-refractivity contribution in [2.45, 2.75) is 25.9 Å². The summed E-state index contributed by atoms with van der Waals surface area (Å²) in [6.07, 6.45) is 0.535. The van der Waals surface area contributed by atoms with Crippen LogP contribution >= 0.6 is 11.6 Å². The number of nitrogens with two attached hydrogens (primary N) is 1. The zero-order chi connectivity index (χ0) is 12.8. The third-order valence-corrected chi connectivity index (χ3v) is 2.94. The van der Waals surface area contributed by atoms with Gasteiger partial charge in [0.15, 0.2) is 0 Å². The predicted octanol–water partition coefficient (Wildman–Crippen LogP) is 2.30. The first-order valence-corrected chi connectivity index (χ1v) is 5.81. The van der Waals surface area contributed by atoms with E-state index in [1.807, 2.05) is 38.2 Å². The number of rotatable bonds is 5. The van der Waals surface area contributed by atoms with Gasteiger partial charge in [-0.15, -0.1) is 0 Å². The van der Waals surface area contributed by atoms with Crippen LogP contribution in [0.1, 0.15) is 18.9 Å². The van der Waals surface area contributed by atoms with Crippen LogP contribution in [0.25, 0.3) is 0 Å². The Morgan fingerprint density at radius 3 is 2.88 bits per heavy atom. The Morgan fingerprint density at radius 2 is 2.29 bits per heavy atom. The summed E-state index contributed by atoms with van der Waals surface area (Å²) >= 11 is 5.92. The Morgan fingerprint density at radius 1 is 1.59 bits per heavy atom. The fourth-order valence-electron chi connectivity index (χ4n) is 1.58. The van der Waals surface area contributed by atoms with E-state index >= 15 is 0 Å². The molecule has 3 N–H and O–H groups in total. The van der Waals surface area contributed by atoms with E-state index in [0.717, 1.165) is 17.1 Å². The highest BCUT2D eigenvalue weighted by Gasteiger charge is 2.11. The lowest BCUT2D eigenvalue weighted by atomic mass is 10.1. The van der Waals surface area contributed by atoms with Gasteiger partial charge in [-0.2, -0.15) is 0 Å². The first kappa shape index (κ1) is 13.8. The Labute approximate surface area is 107 Å². The third-order valence-electron chi connectivity index (χ3n) is 2.71. The average molecular weight is 256 g/mol. The normalized spacial score (nSPS) is 14.0. The van der Waals surface area contributed by atoms with Crippen LogP contribution in [0, 0.1) is 0 Å². The Balaban J connectivity index is 2.56. The molecule has 94 valence electrons. The standard InChI is InChI=1S/C12H18ClN3O/c1-9(6-12(14)15-17)16(2)8-10-4-3-5-11(13)7-10/h3-5,7,9,17H,6,8H2,1-2H3,(H2,14,15). The average Bonchev–Trinajstić information content (AvgIpc) is 2.28. The summed E-state index contributed by atoms with van der Waals surface area (Å²) in [7, 11) is 2.00. The Kier molecular flexibility index (Phi) is 5.25. The summed E-state index contributed by atoms with van der Waals surface area (Å²) in [6, 6.07) is 7.95. The molecule has 4 nitrogen and oxygen atoms in total. The zero-order valence-electron chi connectivity index (χ0n) is 10.1. The minimum atomic E-state index is 0.199. The quantitative estimate of drug-likeness (QED) is 0.367. The Bertz CT molecular complexity index is 395. The van der Waals surface area contributed by atoms with E-state index in [-0.39, 0.29) is 11.9 Å². The molecule has 17 heavy (non-hydrogen) atoms. The van der Waals surface area contributed by atoms with Crippen LogP contribution < -0.4 is 5.73 Å². The fourth-order valence-corrected chi connectivity index (χ4v) is 1.79. The van der Waals surface area contributed by atoms with Crippen molar-refractivity contribution in [2.24, 2.45) is 10.9 Å². The van der Waals surface area contributed by atoms with Crippen molar-refractivity contribution < 1.29 is 5.21 Å². The number of hydrogen-bond donors (Lipinski definition) is 2. The number of halogens is 1. The topological polar surface area (TPSA) is 61.9 Å². The second-order valence-electron chi connectivity index (χ2n) is 4.19. The van der Waals surface area contributed by atoms with Gasteiger partial charge in [0.05, 0.1) is 0 Å². The molecule has 0 fully saturated rings. The molecule has 0 saturated heterocycles. The molecule has 0 amide bonds. The van der Waals surface area contributed by atoms with Crippen LogP contribution in [0.3, 0.4) is 0 Å². The van der Waals surface area contributed by atoms with E-state index < -0.39 is 0 Å². The summed E-state index contributed by atoms with van der Waals surface area (Å²) in [6.45, 7) is 2.81. The molecule has 1 atom stereocenters. The van der Waals surface area contributed by atoms with Crippen LogP contribution in [0.2, 0.25) is 5.02 Å². The molecule has 1 unspecified atom stereocenters. The summed E-state index contributed by atoms with van der Waals surface area (Å²) in [5.74, 6) is 0.246. The minimum absolute atomic E-state index is 0.199. The number of hydrogen-bond acceptors (Lipinski definition) is 3. The highest BCUT2D eigenvalue weighted by atomic mass is 35.5. The van der Waals surface area contributed by atoms with Gasteiger partial charge in [0.1, 0.15) is 5.84 Å². The maximum Gasteiger partial charge on any atom is 0.140 e. The van der Waals surface area contributed by atoms with E-state index in [0.29, 0.717) is 6.42 Å². The predicted molar refractivity (Wildman–Crippen MR) is 70.4 cm³/mol. The lowest BCUT2D eigenvalue weighted by molar-refractivity contribution is 0.251. The van der Waals surface area contributed by atoms with E-state index in [2.05, 4.69) is 10.1 Å². The molecule has 0 aliphatic heterocycles. The van der Waals surface area contributed by atoms with E-state index in [9.17, 15) is 0 Å². The van der Waals surface area contributed by atoms with Crippen LogP contribution in [0.15, 0.2) is 29.4 Å². The van der Waals surface area contributed by atoms with Gasteiger partial charge in [0, 0.05) is 24.0 Å². The molecular formula is C12H18ClN3O. The van der Waals surface area contributed by atoms with Crippen LogP contribution in [-0.2, 0) is 6.54 Å². The largest absolute Gasteiger partial charge is 0.409 e. The highest BCUT2D eigenvalue weighted by Crippen LogP contribution is 2.13. The monoisotopic (exact) mass is 255 g/mol. The molecule has 1 rings (SSSR count). The van der Waals surface area contributed by atoms with Gasteiger partial charge in [0.25, 0.3) is 0 Å². The smallest absolute Gasteiger partial charge is 0.140 e.